The van der Waals surface area contributed by atoms with E-state index in [2.05, 4.69) is 0 Å². The van der Waals surface area contributed by atoms with Crippen LogP contribution in [0.3, 0.4) is 0 Å². The quantitative estimate of drug-likeness (QED) is 0.761. The molecule has 1 aromatic rings. The van der Waals surface area contributed by atoms with Crippen LogP contribution in [-0.4, -0.2) is 7.11 Å². The van der Waals surface area contributed by atoms with Gasteiger partial charge in [0.1, 0.15) is 5.75 Å². The van der Waals surface area contributed by atoms with Crippen LogP contribution in [0.5, 0.6) is 5.75 Å². The number of benzene rings is 1. The fraction of sp³-hybridized carbons (Fsp3) is 0.455. The van der Waals surface area contributed by atoms with Gasteiger partial charge < -0.3 is 10.5 Å². The van der Waals surface area contributed by atoms with E-state index >= 15 is 0 Å². The van der Waals surface area contributed by atoms with Gasteiger partial charge in [-0.1, -0.05) is 26.0 Å². The summed E-state index contributed by atoms with van der Waals surface area (Å²) in [4.78, 5) is 0. The van der Waals surface area contributed by atoms with Crippen LogP contribution < -0.4 is 10.5 Å². The summed E-state index contributed by atoms with van der Waals surface area (Å²) in [6.45, 7) is 5.95. The standard InChI is InChI=1S/C9H13NO.C2H6/c1-7(10)8-4-3-5-9(6-8)11-2;1-2/h3-7H,10H2,1-2H3;1-2H3/t7-;/m0./s1. The SMILES string of the molecule is CC.COc1cccc([C@H](C)N)c1. The number of hydrogen-bond donors (Lipinski definition) is 1. The van der Waals surface area contributed by atoms with E-state index in [9.17, 15) is 0 Å². The predicted molar refractivity (Wildman–Crippen MR) is 56.9 cm³/mol. The first-order chi connectivity index (χ1) is 6.24. The number of rotatable bonds is 2. The lowest BCUT2D eigenvalue weighted by atomic mass is 10.1. The van der Waals surface area contributed by atoms with Gasteiger partial charge in [0.05, 0.1) is 7.11 Å². The molecule has 0 spiro atoms. The van der Waals surface area contributed by atoms with Crippen LogP contribution in [-0.2, 0) is 0 Å². The van der Waals surface area contributed by atoms with Gasteiger partial charge in [-0.05, 0) is 24.6 Å². The van der Waals surface area contributed by atoms with Crippen molar-refractivity contribution in [3.8, 4) is 5.75 Å². The van der Waals surface area contributed by atoms with Gasteiger partial charge in [0.2, 0.25) is 0 Å². The van der Waals surface area contributed by atoms with Gasteiger partial charge in [0, 0.05) is 6.04 Å². The minimum Gasteiger partial charge on any atom is -0.497 e. The van der Waals surface area contributed by atoms with Crippen molar-refractivity contribution >= 4 is 0 Å². The van der Waals surface area contributed by atoms with Crippen molar-refractivity contribution in [2.75, 3.05) is 7.11 Å². The van der Waals surface area contributed by atoms with Gasteiger partial charge in [-0.15, -0.1) is 0 Å². The van der Waals surface area contributed by atoms with Crippen molar-refractivity contribution in [3.63, 3.8) is 0 Å². The summed E-state index contributed by atoms with van der Waals surface area (Å²) in [5.41, 5.74) is 6.78. The fourth-order valence-corrected chi connectivity index (χ4v) is 0.925. The second kappa shape index (κ2) is 6.49. The van der Waals surface area contributed by atoms with Crippen molar-refractivity contribution in [3.05, 3.63) is 29.8 Å². The molecule has 0 aliphatic rings. The number of methoxy groups -OCH3 is 1. The van der Waals surface area contributed by atoms with Crippen molar-refractivity contribution in [1.82, 2.24) is 0 Å². The highest BCUT2D eigenvalue weighted by atomic mass is 16.5. The zero-order valence-electron chi connectivity index (χ0n) is 8.87. The molecule has 0 amide bonds. The topological polar surface area (TPSA) is 35.2 Å². The van der Waals surface area contributed by atoms with Gasteiger partial charge in [0.25, 0.3) is 0 Å². The first-order valence-electron chi connectivity index (χ1n) is 4.63. The molecule has 0 aliphatic carbocycles. The lowest BCUT2D eigenvalue weighted by Crippen LogP contribution is -2.04. The van der Waals surface area contributed by atoms with E-state index in [0.717, 1.165) is 11.3 Å². The maximum atomic E-state index is 5.68. The number of ether oxygens (including phenoxy) is 1. The Morgan fingerprint density at radius 1 is 1.31 bits per heavy atom. The van der Waals surface area contributed by atoms with E-state index in [1.165, 1.54) is 0 Å². The molecular formula is C11H19NO. The van der Waals surface area contributed by atoms with Crippen molar-refractivity contribution < 1.29 is 4.74 Å². The van der Waals surface area contributed by atoms with Crippen LogP contribution in [0.4, 0.5) is 0 Å². The van der Waals surface area contributed by atoms with Gasteiger partial charge >= 0.3 is 0 Å². The van der Waals surface area contributed by atoms with Crippen LogP contribution in [0.15, 0.2) is 24.3 Å². The largest absolute Gasteiger partial charge is 0.497 e. The molecule has 0 aromatic heterocycles. The van der Waals surface area contributed by atoms with Crippen LogP contribution in [0.25, 0.3) is 0 Å². The minimum atomic E-state index is 0.0742. The molecule has 74 valence electrons. The van der Waals surface area contributed by atoms with E-state index in [4.69, 9.17) is 10.5 Å². The Hall–Kier alpha value is -1.02. The third-order valence-electron chi connectivity index (χ3n) is 1.62. The Balaban J connectivity index is 0.000000671. The third-order valence-corrected chi connectivity index (χ3v) is 1.62. The third kappa shape index (κ3) is 3.95. The zero-order valence-corrected chi connectivity index (χ0v) is 8.87. The number of nitrogens with two attached hydrogens (primary N) is 1. The maximum Gasteiger partial charge on any atom is 0.119 e. The highest BCUT2D eigenvalue weighted by Gasteiger charge is 1.98. The molecule has 0 heterocycles. The smallest absolute Gasteiger partial charge is 0.119 e. The average Bonchev–Trinajstić information content (AvgIpc) is 2.21. The molecule has 1 aromatic carbocycles. The van der Waals surface area contributed by atoms with Crippen molar-refractivity contribution in [2.45, 2.75) is 26.8 Å². The van der Waals surface area contributed by atoms with E-state index in [0.29, 0.717) is 0 Å². The predicted octanol–water partition coefficient (Wildman–Crippen LogP) is 2.74. The van der Waals surface area contributed by atoms with Crippen LogP contribution in [0.2, 0.25) is 0 Å². The molecule has 0 fully saturated rings. The van der Waals surface area contributed by atoms with E-state index in [1.807, 2.05) is 45.0 Å². The molecule has 0 aliphatic heterocycles. The molecule has 0 bridgehead atoms. The monoisotopic (exact) mass is 181 g/mol. The molecule has 1 rings (SSSR count). The first kappa shape index (κ1) is 12.0. The van der Waals surface area contributed by atoms with Gasteiger partial charge in [0.15, 0.2) is 0 Å². The Bertz CT molecular complexity index is 233. The lowest BCUT2D eigenvalue weighted by molar-refractivity contribution is 0.414. The van der Waals surface area contributed by atoms with Gasteiger partial charge in [-0.25, -0.2) is 0 Å². The Morgan fingerprint density at radius 3 is 2.38 bits per heavy atom. The zero-order chi connectivity index (χ0) is 10.3. The average molecular weight is 181 g/mol. The summed E-state index contributed by atoms with van der Waals surface area (Å²) < 4.78 is 5.05. The number of hydrogen-bond acceptors (Lipinski definition) is 2. The molecule has 1 atom stereocenters. The summed E-state index contributed by atoms with van der Waals surface area (Å²) in [6, 6.07) is 7.87. The summed E-state index contributed by atoms with van der Waals surface area (Å²) in [6.07, 6.45) is 0. The summed E-state index contributed by atoms with van der Waals surface area (Å²) >= 11 is 0. The first-order valence-corrected chi connectivity index (χ1v) is 4.63. The van der Waals surface area contributed by atoms with Crippen LogP contribution in [0, 0.1) is 0 Å². The summed E-state index contributed by atoms with van der Waals surface area (Å²) in [5, 5.41) is 0. The molecule has 2 N–H and O–H groups in total. The molecule has 0 unspecified atom stereocenters. The molecular weight excluding hydrogens is 162 g/mol. The van der Waals surface area contributed by atoms with Crippen LogP contribution in [0.1, 0.15) is 32.4 Å². The van der Waals surface area contributed by atoms with E-state index in [1.54, 1.807) is 7.11 Å². The highest BCUT2D eigenvalue weighted by molar-refractivity contribution is 5.29. The Morgan fingerprint density at radius 2 is 1.92 bits per heavy atom. The van der Waals surface area contributed by atoms with Crippen molar-refractivity contribution in [2.24, 2.45) is 5.73 Å². The molecule has 0 radical (unpaired) electrons. The normalized spacial score (nSPS) is 11.2. The minimum absolute atomic E-state index is 0.0742. The van der Waals surface area contributed by atoms with Crippen LogP contribution >= 0.6 is 0 Å². The summed E-state index contributed by atoms with van der Waals surface area (Å²) in [7, 11) is 1.65. The van der Waals surface area contributed by atoms with E-state index in [-0.39, 0.29) is 6.04 Å². The van der Waals surface area contributed by atoms with Gasteiger partial charge in [-0.3, -0.25) is 0 Å². The second-order valence-corrected chi connectivity index (χ2v) is 2.57. The lowest BCUT2D eigenvalue weighted by Gasteiger charge is -2.06. The molecule has 0 saturated heterocycles. The molecule has 13 heavy (non-hydrogen) atoms. The molecule has 2 heteroatoms. The van der Waals surface area contributed by atoms with E-state index < -0.39 is 0 Å². The second-order valence-electron chi connectivity index (χ2n) is 2.57. The van der Waals surface area contributed by atoms with Crippen molar-refractivity contribution in [1.29, 1.82) is 0 Å². The highest BCUT2D eigenvalue weighted by Crippen LogP contribution is 2.16. The fourth-order valence-electron chi connectivity index (χ4n) is 0.925. The Labute approximate surface area is 80.7 Å². The molecule has 0 saturated carbocycles. The Kier molecular flexibility index (Phi) is 5.98. The summed E-state index contributed by atoms with van der Waals surface area (Å²) in [5.74, 6) is 0.861. The van der Waals surface area contributed by atoms with Gasteiger partial charge in [-0.2, -0.15) is 0 Å². The maximum absolute atomic E-state index is 5.68. The molecule has 2 nitrogen and oxygen atoms in total.